The molecule has 0 aromatic carbocycles. The van der Waals surface area contributed by atoms with Crippen molar-refractivity contribution in [3.8, 4) is 0 Å². The SMILES string of the molecule is CC1CC(=O)N(CC2CO2)C(=O)N1CN1C(=O)N(CC2CO2)C(=O)CC1C. The lowest BCUT2D eigenvalue weighted by molar-refractivity contribution is -0.134. The number of ether oxygens (including phenoxy) is 2. The van der Waals surface area contributed by atoms with Gasteiger partial charge in [-0.15, -0.1) is 0 Å². The lowest BCUT2D eigenvalue weighted by Gasteiger charge is -2.45. The molecule has 4 unspecified atom stereocenters. The van der Waals surface area contributed by atoms with Crippen molar-refractivity contribution in [1.82, 2.24) is 19.6 Å². The fraction of sp³-hybridized carbons (Fsp3) is 0.765. The maximum absolute atomic E-state index is 12.9. The number of urea groups is 2. The average Bonchev–Trinajstić information content (AvgIpc) is 3.50. The monoisotopic (exact) mass is 380 g/mol. The van der Waals surface area contributed by atoms with Crippen molar-refractivity contribution < 1.29 is 28.7 Å². The largest absolute Gasteiger partial charge is 0.371 e. The zero-order valence-electron chi connectivity index (χ0n) is 15.5. The third-order valence-corrected chi connectivity index (χ3v) is 5.44. The van der Waals surface area contributed by atoms with Crippen LogP contribution in [-0.4, -0.2) is 101 Å². The first-order chi connectivity index (χ1) is 12.8. The van der Waals surface area contributed by atoms with Gasteiger partial charge in [0.2, 0.25) is 11.8 Å². The van der Waals surface area contributed by atoms with Gasteiger partial charge in [-0.05, 0) is 13.8 Å². The van der Waals surface area contributed by atoms with Gasteiger partial charge in [0.25, 0.3) is 0 Å². The summed E-state index contributed by atoms with van der Waals surface area (Å²) >= 11 is 0. The Kier molecular flexibility index (Phi) is 4.55. The van der Waals surface area contributed by atoms with Crippen molar-refractivity contribution in [2.45, 2.75) is 51.0 Å². The Morgan fingerprint density at radius 3 is 1.48 bits per heavy atom. The van der Waals surface area contributed by atoms with E-state index < -0.39 is 12.1 Å². The van der Waals surface area contributed by atoms with Gasteiger partial charge in [-0.1, -0.05) is 0 Å². The molecule has 0 radical (unpaired) electrons. The van der Waals surface area contributed by atoms with Crippen molar-refractivity contribution in [3.05, 3.63) is 0 Å². The van der Waals surface area contributed by atoms with Crippen molar-refractivity contribution in [2.75, 3.05) is 33.0 Å². The zero-order chi connectivity index (χ0) is 19.3. The summed E-state index contributed by atoms with van der Waals surface area (Å²) in [6.45, 7) is 5.22. The molecule has 0 saturated carbocycles. The van der Waals surface area contributed by atoms with E-state index in [0.717, 1.165) is 0 Å². The molecule has 27 heavy (non-hydrogen) atoms. The second-order valence-electron chi connectivity index (χ2n) is 7.67. The standard InChI is InChI=1S/C17H24N4O6/c1-10-3-14(22)18(5-12-7-26-12)16(24)20(10)9-21-11(2)4-15(23)19(17(21)25)6-13-8-27-13/h10-13H,3-9H2,1-2H3. The second kappa shape index (κ2) is 6.75. The number of carbonyl (C=O) groups is 4. The fourth-order valence-electron chi connectivity index (χ4n) is 3.52. The molecule has 0 bridgehead atoms. The van der Waals surface area contributed by atoms with Gasteiger partial charge in [-0.2, -0.15) is 0 Å². The maximum atomic E-state index is 12.9. The molecule has 4 aliphatic rings. The third kappa shape index (κ3) is 3.63. The Morgan fingerprint density at radius 2 is 1.15 bits per heavy atom. The van der Waals surface area contributed by atoms with E-state index in [0.29, 0.717) is 13.2 Å². The molecule has 4 atom stereocenters. The summed E-state index contributed by atoms with van der Waals surface area (Å²) in [5.41, 5.74) is 0. The molecule has 4 rings (SSSR count). The topological polar surface area (TPSA) is 106 Å². The van der Waals surface area contributed by atoms with Gasteiger partial charge in [-0.25, -0.2) is 9.59 Å². The number of nitrogens with zero attached hydrogens (tertiary/aromatic N) is 4. The molecular weight excluding hydrogens is 356 g/mol. The van der Waals surface area contributed by atoms with Gasteiger partial charge in [0, 0.05) is 24.9 Å². The molecule has 148 valence electrons. The first-order valence-electron chi connectivity index (χ1n) is 9.30. The minimum absolute atomic E-state index is 0.0462. The van der Waals surface area contributed by atoms with E-state index in [9.17, 15) is 19.2 Å². The van der Waals surface area contributed by atoms with E-state index >= 15 is 0 Å². The highest BCUT2D eigenvalue weighted by molar-refractivity contribution is 5.99. The molecule has 0 spiro atoms. The van der Waals surface area contributed by atoms with Gasteiger partial charge in [-0.3, -0.25) is 19.4 Å². The van der Waals surface area contributed by atoms with Crippen LogP contribution in [0.5, 0.6) is 0 Å². The number of hydrogen-bond donors (Lipinski definition) is 0. The predicted octanol–water partition coefficient (Wildman–Crippen LogP) is -0.173. The van der Waals surface area contributed by atoms with Crippen LogP contribution in [0, 0.1) is 0 Å². The Balaban J connectivity index is 1.48. The minimum atomic E-state index is -0.414. The average molecular weight is 380 g/mol. The molecule has 4 fully saturated rings. The summed E-state index contributed by atoms with van der Waals surface area (Å²) in [5.74, 6) is -0.445. The molecule has 4 heterocycles. The Morgan fingerprint density at radius 1 is 0.778 bits per heavy atom. The summed E-state index contributed by atoms with van der Waals surface area (Å²) in [7, 11) is 0. The van der Waals surface area contributed by atoms with Crippen LogP contribution in [0.3, 0.4) is 0 Å². The molecule has 10 nitrogen and oxygen atoms in total. The van der Waals surface area contributed by atoms with Crippen molar-refractivity contribution in [1.29, 1.82) is 0 Å². The van der Waals surface area contributed by atoms with Crippen molar-refractivity contribution in [2.24, 2.45) is 0 Å². The van der Waals surface area contributed by atoms with Crippen LogP contribution in [0.15, 0.2) is 0 Å². The summed E-state index contributed by atoms with van der Waals surface area (Å²) in [5, 5.41) is 0. The summed E-state index contributed by atoms with van der Waals surface area (Å²) in [4.78, 5) is 55.7. The number of carbonyl (C=O) groups excluding carboxylic acids is 4. The summed E-state index contributed by atoms with van der Waals surface area (Å²) in [6, 6.07) is -1.47. The first-order valence-corrected chi connectivity index (χ1v) is 9.30. The van der Waals surface area contributed by atoms with E-state index in [2.05, 4.69) is 0 Å². The number of rotatable bonds is 6. The van der Waals surface area contributed by atoms with Gasteiger partial charge in [0.15, 0.2) is 0 Å². The van der Waals surface area contributed by atoms with Crippen LogP contribution in [-0.2, 0) is 19.1 Å². The number of imide groups is 2. The highest BCUT2D eigenvalue weighted by Gasteiger charge is 2.44. The number of amides is 6. The Labute approximate surface area is 156 Å². The van der Waals surface area contributed by atoms with Gasteiger partial charge < -0.3 is 19.3 Å². The quantitative estimate of drug-likeness (QED) is 0.592. The van der Waals surface area contributed by atoms with Crippen LogP contribution < -0.4 is 0 Å². The predicted molar refractivity (Wildman–Crippen MR) is 90.4 cm³/mol. The van der Waals surface area contributed by atoms with E-state index in [1.165, 1.54) is 19.6 Å². The van der Waals surface area contributed by atoms with Crippen LogP contribution in [0.25, 0.3) is 0 Å². The highest BCUT2D eigenvalue weighted by Crippen LogP contribution is 2.25. The van der Waals surface area contributed by atoms with Crippen molar-refractivity contribution in [3.63, 3.8) is 0 Å². The van der Waals surface area contributed by atoms with Crippen LogP contribution in [0.1, 0.15) is 26.7 Å². The maximum Gasteiger partial charge on any atom is 0.328 e. The van der Waals surface area contributed by atoms with E-state index in [-0.39, 0.29) is 68.7 Å². The van der Waals surface area contributed by atoms with Crippen LogP contribution in [0.2, 0.25) is 0 Å². The number of hydrogen-bond acceptors (Lipinski definition) is 6. The molecule has 10 heteroatoms. The molecule has 0 aliphatic carbocycles. The zero-order valence-corrected chi connectivity index (χ0v) is 15.5. The summed E-state index contributed by atoms with van der Waals surface area (Å²) in [6.07, 6.45) is 0.228. The third-order valence-electron chi connectivity index (χ3n) is 5.44. The first kappa shape index (κ1) is 18.2. The fourth-order valence-corrected chi connectivity index (χ4v) is 3.52. The molecular formula is C17H24N4O6. The van der Waals surface area contributed by atoms with Gasteiger partial charge in [0.05, 0.1) is 45.2 Å². The van der Waals surface area contributed by atoms with Crippen LogP contribution >= 0.6 is 0 Å². The summed E-state index contributed by atoms with van der Waals surface area (Å²) < 4.78 is 10.3. The lowest BCUT2D eigenvalue weighted by Crippen LogP contribution is -2.64. The van der Waals surface area contributed by atoms with Crippen molar-refractivity contribution >= 4 is 23.9 Å². The molecule has 4 saturated heterocycles. The Bertz CT molecular complexity index is 620. The normalized spacial score (nSPS) is 33.9. The molecule has 0 aromatic rings. The minimum Gasteiger partial charge on any atom is -0.371 e. The lowest BCUT2D eigenvalue weighted by atomic mass is 10.1. The van der Waals surface area contributed by atoms with E-state index in [1.807, 2.05) is 0 Å². The van der Waals surface area contributed by atoms with Gasteiger partial charge in [0.1, 0.15) is 0 Å². The molecule has 0 N–H and O–H groups in total. The van der Waals surface area contributed by atoms with E-state index in [4.69, 9.17) is 9.47 Å². The highest BCUT2D eigenvalue weighted by atomic mass is 16.6. The second-order valence-corrected chi connectivity index (χ2v) is 7.67. The van der Waals surface area contributed by atoms with E-state index in [1.54, 1.807) is 13.8 Å². The molecule has 0 aromatic heterocycles. The molecule has 4 aliphatic heterocycles. The number of epoxide rings is 2. The molecule has 6 amide bonds. The smallest absolute Gasteiger partial charge is 0.328 e. The van der Waals surface area contributed by atoms with Crippen LogP contribution in [0.4, 0.5) is 9.59 Å². The Hall–Kier alpha value is -2.20. The van der Waals surface area contributed by atoms with Gasteiger partial charge >= 0.3 is 12.1 Å².